The van der Waals surface area contributed by atoms with Crippen LogP contribution in [-0.2, 0) is 6.42 Å². The maximum absolute atomic E-state index is 4.21. The van der Waals surface area contributed by atoms with Gasteiger partial charge in [0.05, 0.1) is 5.69 Å². The molecule has 0 aliphatic rings. The summed E-state index contributed by atoms with van der Waals surface area (Å²) in [6, 6.07) is 3.96. The fraction of sp³-hybridized carbons (Fsp3) is 0.222. The minimum absolute atomic E-state index is 0.940. The monoisotopic (exact) mass is 174 g/mol. The normalized spacial score (nSPS) is 10.2. The second-order valence-corrected chi connectivity index (χ2v) is 2.73. The number of aromatic nitrogens is 4. The van der Waals surface area contributed by atoms with E-state index in [-0.39, 0.29) is 0 Å². The fourth-order valence-electron chi connectivity index (χ4n) is 1.15. The van der Waals surface area contributed by atoms with E-state index in [1.807, 2.05) is 16.7 Å². The lowest BCUT2D eigenvalue weighted by Gasteiger charge is -2.01. The highest BCUT2D eigenvalue weighted by atomic mass is 15.2. The van der Waals surface area contributed by atoms with Gasteiger partial charge in [-0.25, -0.2) is 0 Å². The molecular weight excluding hydrogens is 164 g/mol. The van der Waals surface area contributed by atoms with Gasteiger partial charge in [-0.1, -0.05) is 6.92 Å². The van der Waals surface area contributed by atoms with E-state index in [1.165, 1.54) is 0 Å². The summed E-state index contributed by atoms with van der Waals surface area (Å²) in [4.78, 5) is 4.21. The van der Waals surface area contributed by atoms with Crippen LogP contribution in [0.25, 0.3) is 5.69 Å². The van der Waals surface area contributed by atoms with Crippen molar-refractivity contribution in [2.75, 3.05) is 0 Å². The molecule has 0 aliphatic carbocycles. The number of aryl methyl sites for hydroxylation is 1. The molecular formula is C9H10N4. The first-order chi connectivity index (χ1) is 6.40. The molecule has 2 aromatic rings. The van der Waals surface area contributed by atoms with E-state index < -0.39 is 0 Å². The highest BCUT2D eigenvalue weighted by Gasteiger charge is 1.97. The van der Waals surface area contributed by atoms with Crippen LogP contribution < -0.4 is 0 Å². The van der Waals surface area contributed by atoms with Gasteiger partial charge in [-0.3, -0.25) is 9.55 Å². The molecule has 4 heteroatoms. The quantitative estimate of drug-likeness (QED) is 0.687. The molecule has 0 bridgehead atoms. The molecule has 66 valence electrons. The summed E-state index contributed by atoms with van der Waals surface area (Å²) in [5.74, 6) is 0. The van der Waals surface area contributed by atoms with E-state index in [2.05, 4.69) is 22.1 Å². The molecule has 0 aliphatic heterocycles. The molecule has 2 rings (SSSR count). The number of hydrogen-bond acceptors (Lipinski definition) is 3. The standard InChI is InChI=1S/C9H10N4/c1-2-8-5-9(3-4-10-8)13-6-11-12-7-13/h3-7H,2H2,1H3. The lowest BCUT2D eigenvalue weighted by Crippen LogP contribution is -1.93. The second-order valence-electron chi connectivity index (χ2n) is 2.73. The zero-order valence-electron chi connectivity index (χ0n) is 7.38. The van der Waals surface area contributed by atoms with Crippen LogP contribution >= 0.6 is 0 Å². The van der Waals surface area contributed by atoms with Crippen molar-refractivity contribution < 1.29 is 0 Å². The first kappa shape index (κ1) is 7.91. The SMILES string of the molecule is CCc1cc(-n2cnnc2)ccn1. The van der Waals surface area contributed by atoms with E-state index in [0.29, 0.717) is 0 Å². The Kier molecular flexibility index (Phi) is 2.04. The molecule has 2 aromatic heterocycles. The van der Waals surface area contributed by atoms with Crippen molar-refractivity contribution in [1.82, 2.24) is 19.7 Å². The third-order valence-corrected chi connectivity index (χ3v) is 1.88. The van der Waals surface area contributed by atoms with Crippen molar-refractivity contribution in [3.63, 3.8) is 0 Å². The van der Waals surface area contributed by atoms with Gasteiger partial charge in [-0.05, 0) is 18.6 Å². The van der Waals surface area contributed by atoms with Crippen LogP contribution in [0.2, 0.25) is 0 Å². The Morgan fingerprint density at radius 1 is 1.31 bits per heavy atom. The van der Waals surface area contributed by atoms with Gasteiger partial charge < -0.3 is 0 Å². The summed E-state index contributed by atoms with van der Waals surface area (Å²) in [5.41, 5.74) is 2.13. The first-order valence-electron chi connectivity index (χ1n) is 4.20. The van der Waals surface area contributed by atoms with Gasteiger partial charge in [0.15, 0.2) is 0 Å². The van der Waals surface area contributed by atoms with Crippen LogP contribution in [0.4, 0.5) is 0 Å². The predicted octanol–water partition coefficient (Wildman–Crippen LogP) is 1.22. The molecule has 0 amide bonds. The van der Waals surface area contributed by atoms with Crippen molar-refractivity contribution >= 4 is 0 Å². The van der Waals surface area contributed by atoms with Gasteiger partial charge in [-0.2, -0.15) is 0 Å². The molecule has 0 fully saturated rings. The number of nitrogens with zero attached hydrogens (tertiary/aromatic N) is 4. The zero-order chi connectivity index (χ0) is 9.10. The van der Waals surface area contributed by atoms with E-state index in [4.69, 9.17) is 0 Å². The average Bonchev–Trinajstić information content (AvgIpc) is 2.71. The Morgan fingerprint density at radius 3 is 2.77 bits per heavy atom. The van der Waals surface area contributed by atoms with Crippen molar-refractivity contribution in [3.05, 3.63) is 36.7 Å². The average molecular weight is 174 g/mol. The van der Waals surface area contributed by atoms with Crippen LogP contribution in [0.5, 0.6) is 0 Å². The smallest absolute Gasteiger partial charge is 0.123 e. The second kappa shape index (κ2) is 3.35. The lowest BCUT2D eigenvalue weighted by atomic mass is 10.2. The van der Waals surface area contributed by atoms with Crippen LogP contribution in [0.3, 0.4) is 0 Å². The van der Waals surface area contributed by atoms with Crippen molar-refractivity contribution in [3.8, 4) is 5.69 Å². The summed E-state index contributed by atoms with van der Waals surface area (Å²) < 4.78 is 1.86. The van der Waals surface area contributed by atoms with E-state index in [0.717, 1.165) is 17.8 Å². The molecule has 2 heterocycles. The van der Waals surface area contributed by atoms with Gasteiger partial charge in [-0.15, -0.1) is 10.2 Å². The van der Waals surface area contributed by atoms with Gasteiger partial charge >= 0.3 is 0 Å². The largest absolute Gasteiger partial charge is 0.288 e. The highest BCUT2D eigenvalue weighted by molar-refractivity contribution is 5.31. The third kappa shape index (κ3) is 1.56. The summed E-state index contributed by atoms with van der Waals surface area (Å²) in [5, 5.41) is 7.49. The minimum atomic E-state index is 0.940. The maximum Gasteiger partial charge on any atom is 0.123 e. The van der Waals surface area contributed by atoms with Crippen LogP contribution in [0, 0.1) is 0 Å². The Morgan fingerprint density at radius 2 is 2.08 bits per heavy atom. The third-order valence-electron chi connectivity index (χ3n) is 1.88. The number of pyridine rings is 1. The number of hydrogen-bond donors (Lipinski definition) is 0. The van der Waals surface area contributed by atoms with Crippen molar-refractivity contribution in [1.29, 1.82) is 0 Å². The Balaban J connectivity index is 2.41. The number of rotatable bonds is 2. The molecule has 0 spiro atoms. The topological polar surface area (TPSA) is 43.6 Å². The van der Waals surface area contributed by atoms with Gasteiger partial charge in [0.2, 0.25) is 0 Å². The lowest BCUT2D eigenvalue weighted by molar-refractivity contribution is 0.991. The molecule has 0 N–H and O–H groups in total. The van der Waals surface area contributed by atoms with E-state index in [1.54, 1.807) is 18.9 Å². The molecule has 0 aromatic carbocycles. The zero-order valence-corrected chi connectivity index (χ0v) is 7.38. The van der Waals surface area contributed by atoms with E-state index >= 15 is 0 Å². The van der Waals surface area contributed by atoms with Gasteiger partial charge in [0.25, 0.3) is 0 Å². The summed E-state index contributed by atoms with van der Waals surface area (Å²) in [6.45, 7) is 2.08. The Labute approximate surface area is 76.3 Å². The molecule has 0 radical (unpaired) electrons. The summed E-state index contributed by atoms with van der Waals surface area (Å²) in [6.07, 6.45) is 6.09. The molecule has 0 saturated heterocycles. The van der Waals surface area contributed by atoms with E-state index in [9.17, 15) is 0 Å². The predicted molar refractivity (Wildman–Crippen MR) is 48.5 cm³/mol. The van der Waals surface area contributed by atoms with Gasteiger partial charge in [0, 0.05) is 11.9 Å². The van der Waals surface area contributed by atoms with Crippen LogP contribution in [0.15, 0.2) is 31.0 Å². The minimum Gasteiger partial charge on any atom is -0.288 e. The summed E-state index contributed by atoms with van der Waals surface area (Å²) >= 11 is 0. The molecule has 0 saturated carbocycles. The Hall–Kier alpha value is -1.71. The van der Waals surface area contributed by atoms with Gasteiger partial charge in [0.1, 0.15) is 12.7 Å². The molecule has 0 unspecified atom stereocenters. The van der Waals surface area contributed by atoms with Crippen molar-refractivity contribution in [2.24, 2.45) is 0 Å². The molecule has 13 heavy (non-hydrogen) atoms. The Bertz CT molecular complexity index is 380. The summed E-state index contributed by atoms with van der Waals surface area (Å²) in [7, 11) is 0. The molecule has 0 atom stereocenters. The fourth-order valence-corrected chi connectivity index (χ4v) is 1.15. The highest BCUT2D eigenvalue weighted by Crippen LogP contribution is 2.06. The van der Waals surface area contributed by atoms with Crippen LogP contribution in [-0.4, -0.2) is 19.7 Å². The maximum atomic E-state index is 4.21. The molecule has 4 nitrogen and oxygen atoms in total. The van der Waals surface area contributed by atoms with Crippen molar-refractivity contribution in [2.45, 2.75) is 13.3 Å². The van der Waals surface area contributed by atoms with Crippen LogP contribution in [0.1, 0.15) is 12.6 Å². The first-order valence-corrected chi connectivity index (χ1v) is 4.20.